The van der Waals surface area contributed by atoms with Gasteiger partial charge in [0.1, 0.15) is 5.56 Å². The van der Waals surface area contributed by atoms with Crippen LogP contribution in [0.15, 0.2) is 44.9 Å². The van der Waals surface area contributed by atoms with Crippen molar-refractivity contribution < 1.29 is 5.11 Å². The summed E-state index contributed by atoms with van der Waals surface area (Å²) in [5.74, 6) is -0.486. The van der Waals surface area contributed by atoms with Crippen LogP contribution in [0.5, 0.6) is 5.88 Å². The van der Waals surface area contributed by atoms with Gasteiger partial charge >= 0.3 is 5.69 Å². The molecular weight excluding hydrogens is 234 g/mol. The summed E-state index contributed by atoms with van der Waals surface area (Å²) in [6.07, 6.45) is 1.23. The van der Waals surface area contributed by atoms with Gasteiger partial charge in [-0.2, -0.15) is 0 Å². The second-order valence-electron chi connectivity index (χ2n) is 3.63. The number of nitrogens with zero attached hydrogens (tertiary/aromatic N) is 1. The minimum Gasteiger partial charge on any atom is -0.494 e. The third kappa shape index (κ3) is 2.73. The lowest BCUT2D eigenvalue weighted by Gasteiger charge is -1.97. The Labute approximate surface area is 102 Å². The molecule has 18 heavy (non-hydrogen) atoms. The average Bonchev–Trinajstić information content (AvgIpc) is 2.34. The zero-order valence-electron chi connectivity index (χ0n) is 9.38. The molecule has 0 saturated carbocycles. The van der Waals surface area contributed by atoms with Crippen LogP contribution >= 0.6 is 0 Å². The summed E-state index contributed by atoms with van der Waals surface area (Å²) in [6, 6.07) is 9.46. The van der Waals surface area contributed by atoms with Gasteiger partial charge in [-0.05, 0) is 5.56 Å². The van der Waals surface area contributed by atoms with E-state index in [9.17, 15) is 14.7 Å². The molecule has 0 radical (unpaired) electrons. The Morgan fingerprint density at radius 2 is 1.89 bits per heavy atom. The highest BCUT2D eigenvalue weighted by Crippen LogP contribution is 2.03. The van der Waals surface area contributed by atoms with E-state index >= 15 is 0 Å². The predicted octanol–water partition coefficient (Wildman–Crippen LogP) is 0.388. The molecule has 0 fully saturated rings. The highest BCUT2D eigenvalue weighted by Gasteiger charge is 2.04. The van der Waals surface area contributed by atoms with Crippen molar-refractivity contribution in [2.24, 2.45) is 4.99 Å². The summed E-state index contributed by atoms with van der Waals surface area (Å²) >= 11 is 0. The maximum Gasteiger partial charge on any atom is 0.328 e. The van der Waals surface area contributed by atoms with E-state index in [2.05, 4.69) is 9.98 Å². The summed E-state index contributed by atoms with van der Waals surface area (Å²) in [5, 5.41) is 9.40. The molecule has 2 rings (SSSR count). The van der Waals surface area contributed by atoms with Crippen LogP contribution in [0.1, 0.15) is 11.1 Å². The zero-order valence-corrected chi connectivity index (χ0v) is 9.38. The summed E-state index contributed by atoms with van der Waals surface area (Å²) < 4.78 is 0. The summed E-state index contributed by atoms with van der Waals surface area (Å²) in [7, 11) is 0. The highest BCUT2D eigenvalue weighted by molar-refractivity contribution is 5.81. The fraction of sp³-hybridized carbons (Fsp3) is 0.0833. The van der Waals surface area contributed by atoms with E-state index in [1.807, 2.05) is 35.3 Å². The molecule has 0 unspecified atom stereocenters. The molecule has 0 amide bonds. The quantitative estimate of drug-likeness (QED) is 0.682. The summed E-state index contributed by atoms with van der Waals surface area (Å²) in [6.45, 7) is 0.388. The number of benzene rings is 1. The van der Waals surface area contributed by atoms with E-state index in [4.69, 9.17) is 0 Å². The van der Waals surface area contributed by atoms with E-state index in [0.717, 1.165) is 5.56 Å². The standard InChI is InChI=1S/C12H11N3O3/c16-10-9(11(17)15-12(18)14-10)7-13-6-8-4-2-1-3-5-8/h1-5,7H,6H2,(H3,14,15,16,17,18). The smallest absolute Gasteiger partial charge is 0.328 e. The van der Waals surface area contributed by atoms with Gasteiger partial charge in [0.05, 0.1) is 6.54 Å². The molecule has 92 valence electrons. The normalized spacial score (nSPS) is 10.9. The van der Waals surface area contributed by atoms with Crippen molar-refractivity contribution in [3.8, 4) is 5.88 Å². The van der Waals surface area contributed by atoms with E-state index in [-0.39, 0.29) is 5.56 Å². The van der Waals surface area contributed by atoms with Crippen LogP contribution in [0.25, 0.3) is 0 Å². The monoisotopic (exact) mass is 245 g/mol. The molecule has 0 aliphatic heterocycles. The number of rotatable bonds is 3. The van der Waals surface area contributed by atoms with Crippen LogP contribution in [0.4, 0.5) is 0 Å². The van der Waals surface area contributed by atoms with Gasteiger partial charge in [0.2, 0.25) is 5.88 Å². The molecule has 1 aromatic carbocycles. The van der Waals surface area contributed by atoms with Crippen LogP contribution in [-0.2, 0) is 6.54 Å². The summed E-state index contributed by atoms with van der Waals surface area (Å²) in [5.41, 5.74) is -0.509. The minimum absolute atomic E-state index is 0.0643. The molecule has 1 aromatic heterocycles. The van der Waals surface area contributed by atoms with Gasteiger partial charge in [0.25, 0.3) is 5.56 Å². The SMILES string of the molecule is O=c1[nH]c(O)c(C=NCc2ccccc2)c(=O)[nH]1. The molecule has 6 heteroatoms. The van der Waals surface area contributed by atoms with Crippen LogP contribution in [0, 0.1) is 0 Å². The van der Waals surface area contributed by atoms with E-state index in [1.165, 1.54) is 6.21 Å². The first-order chi connectivity index (χ1) is 8.66. The van der Waals surface area contributed by atoms with Crippen molar-refractivity contribution in [2.75, 3.05) is 0 Å². The Kier molecular flexibility index (Phi) is 3.38. The molecule has 0 aliphatic rings. The molecular formula is C12H11N3O3. The number of aliphatic imine (C=N–C) groups is 1. The van der Waals surface area contributed by atoms with Crippen LogP contribution in [-0.4, -0.2) is 21.3 Å². The second kappa shape index (κ2) is 5.13. The molecule has 0 atom stereocenters. The van der Waals surface area contributed by atoms with Crippen LogP contribution < -0.4 is 11.2 Å². The maximum atomic E-state index is 11.4. The fourth-order valence-electron chi connectivity index (χ4n) is 1.43. The highest BCUT2D eigenvalue weighted by atomic mass is 16.3. The topological polar surface area (TPSA) is 98.3 Å². The summed E-state index contributed by atoms with van der Waals surface area (Å²) in [4.78, 5) is 30.3. The molecule has 0 saturated heterocycles. The lowest BCUT2D eigenvalue weighted by atomic mass is 10.2. The fourth-order valence-corrected chi connectivity index (χ4v) is 1.43. The van der Waals surface area contributed by atoms with Gasteiger partial charge in [-0.1, -0.05) is 30.3 Å². The van der Waals surface area contributed by atoms with Gasteiger partial charge in [0.15, 0.2) is 0 Å². The maximum absolute atomic E-state index is 11.4. The number of aromatic amines is 2. The van der Waals surface area contributed by atoms with Gasteiger partial charge in [0, 0.05) is 6.21 Å². The number of aromatic nitrogens is 2. The molecule has 0 spiro atoms. The Bertz CT molecular complexity index is 671. The van der Waals surface area contributed by atoms with E-state index in [0.29, 0.717) is 6.54 Å². The van der Waals surface area contributed by atoms with Crippen molar-refractivity contribution in [1.29, 1.82) is 0 Å². The first-order valence-electron chi connectivity index (χ1n) is 5.26. The molecule has 2 aromatic rings. The second-order valence-corrected chi connectivity index (χ2v) is 3.63. The van der Waals surface area contributed by atoms with Crippen LogP contribution in [0.3, 0.4) is 0 Å². The number of hydrogen-bond donors (Lipinski definition) is 3. The molecule has 0 bridgehead atoms. The Morgan fingerprint density at radius 3 is 2.56 bits per heavy atom. The van der Waals surface area contributed by atoms with Crippen LogP contribution in [0.2, 0.25) is 0 Å². The molecule has 6 nitrogen and oxygen atoms in total. The van der Waals surface area contributed by atoms with Crippen molar-refractivity contribution in [3.63, 3.8) is 0 Å². The van der Waals surface area contributed by atoms with Crippen molar-refractivity contribution in [1.82, 2.24) is 9.97 Å². The zero-order chi connectivity index (χ0) is 13.0. The molecule has 3 N–H and O–H groups in total. The molecule has 0 aliphatic carbocycles. The molecule has 1 heterocycles. The van der Waals surface area contributed by atoms with Gasteiger partial charge in [-0.25, -0.2) is 4.79 Å². The Balaban J connectivity index is 2.20. The average molecular weight is 245 g/mol. The van der Waals surface area contributed by atoms with E-state index in [1.54, 1.807) is 0 Å². The van der Waals surface area contributed by atoms with Crippen molar-refractivity contribution in [3.05, 3.63) is 62.3 Å². The lowest BCUT2D eigenvalue weighted by molar-refractivity contribution is 0.447. The first-order valence-corrected chi connectivity index (χ1v) is 5.26. The van der Waals surface area contributed by atoms with Gasteiger partial charge in [-0.15, -0.1) is 0 Å². The Morgan fingerprint density at radius 1 is 1.17 bits per heavy atom. The van der Waals surface area contributed by atoms with Gasteiger partial charge in [-0.3, -0.25) is 19.8 Å². The number of aromatic hydroxyl groups is 1. The van der Waals surface area contributed by atoms with Crippen molar-refractivity contribution in [2.45, 2.75) is 6.54 Å². The number of nitrogens with one attached hydrogen (secondary N) is 2. The lowest BCUT2D eigenvalue weighted by Crippen LogP contribution is -2.24. The predicted molar refractivity (Wildman–Crippen MR) is 67.1 cm³/mol. The van der Waals surface area contributed by atoms with E-state index < -0.39 is 17.1 Å². The van der Waals surface area contributed by atoms with Gasteiger partial charge < -0.3 is 5.11 Å². The third-order valence-corrected chi connectivity index (χ3v) is 2.30. The Hall–Kier alpha value is -2.63. The first kappa shape index (κ1) is 11.8. The third-order valence-electron chi connectivity index (χ3n) is 2.30. The number of hydrogen-bond acceptors (Lipinski definition) is 4. The largest absolute Gasteiger partial charge is 0.494 e. The van der Waals surface area contributed by atoms with Crippen molar-refractivity contribution >= 4 is 6.21 Å². The minimum atomic E-state index is -0.752. The number of H-pyrrole nitrogens is 2.